The second-order valence-corrected chi connectivity index (χ2v) is 5.14. The fraction of sp³-hybridized carbons (Fsp3) is 0. The molecule has 6 heteroatoms. The lowest BCUT2D eigenvalue weighted by molar-refractivity contribution is 0.102. The molecule has 0 aliphatic carbocycles. The molecule has 3 aromatic rings. The van der Waals surface area contributed by atoms with E-state index in [2.05, 4.69) is 15.3 Å². The van der Waals surface area contributed by atoms with Gasteiger partial charge in [-0.05, 0) is 35.9 Å². The zero-order valence-corrected chi connectivity index (χ0v) is 12.6. The van der Waals surface area contributed by atoms with E-state index in [1.54, 1.807) is 36.7 Å². The summed E-state index contributed by atoms with van der Waals surface area (Å²) in [5.74, 6) is -0.648. The van der Waals surface area contributed by atoms with Gasteiger partial charge in [0.1, 0.15) is 11.0 Å². The number of anilines is 1. The van der Waals surface area contributed by atoms with Crippen LogP contribution in [0, 0.1) is 5.82 Å². The zero-order chi connectivity index (χ0) is 16.2. The first-order valence-electron chi connectivity index (χ1n) is 6.76. The van der Waals surface area contributed by atoms with Crippen molar-refractivity contribution in [3.05, 3.63) is 77.6 Å². The summed E-state index contributed by atoms with van der Waals surface area (Å²) in [6, 6.07) is 10.8. The van der Waals surface area contributed by atoms with E-state index in [9.17, 15) is 9.18 Å². The van der Waals surface area contributed by atoms with Gasteiger partial charge in [-0.3, -0.25) is 9.78 Å². The minimum atomic E-state index is -0.328. The average Bonchev–Trinajstić information content (AvgIpc) is 2.56. The fourth-order valence-corrected chi connectivity index (χ4v) is 2.29. The first-order chi connectivity index (χ1) is 11.1. The molecular formula is C17H11ClFN3O. The van der Waals surface area contributed by atoms with Crippen LogP contribution in [0.5, 0.6) is 0 Å². The topological polar surface area (TPSA) is 54.9 Å². The number of benzene rings is 1. The Kier molecular flexibility index (Phi) is 4.30. The van der Waals surface area contributed by atoms with Gasteiger partial charge in [0.2, 0.25) is 0 Å². The quantitative estimate of drug-likeness (QED) is 0.734. The number of aromatic nitrogens is 2. The van der Waals surface area contributed by atoms with Crippen molar-refractivity contribution in [2.45, 2.75) is 0 Å². The number of hydrogen-bond acceptors (Lipinski definition) is 3. The molecule has 0 aliphatic heterocycles. The van der Waals surface area contributed by atoms with Crippen molar-refractivity contribution in [2.24, 2.45) is 0 Å². The van der Waals surface area contributed by atoms with E-state index in [0.29, 0.717) is 11.3 Å². The van der Waals surface area contributed by atoms with E-state index in [-0.39, 0.29) is 16.9 Å². The van der Waals surface area contributed by atoms with E-state index < -0.39 is 0 Å². The van der Waals surface area contributed by atoms with E-state index >= 15 is 0 Å². The number of rotatable bonds is 3. The number of carbonyl (C=O) groups excluding carboxylic acids is 1. The average molecular weight is 328 g/mol. The Hall–Kier alpha value is -2.79. The largest absolute Gasteiger partial charge is 0.320 e. The highest BCUT2D eigenvalue weighted by atomic mass is 35.5. The molecule has 0 fully saturated rings. The smallest absolute Gasteiger partial charge is 0.255 e. The van der Waals surface area contributed by atoms with Crippen molar-refractivity contribution in [2.75, 3.05) is 5.32 Å². The molecule has 0 saturated carbocycles. The summed E-state index contributed by atoms with van der Waals surface area (Å²) in [7, 11) is 0. The van der Waals surface area contributed by atoms with Crippen molar-refractivity contribution >= 4 is 23.2 Å². The molecule has 1 amide bonds. The minimum Gasteiger partial charge on any atom is -0.320 e. The highest BCUT2D eigenvalue weighted by Gasteiger charge is 2.11. The maximum absolute atomic E-state index is 13.1. The highest BCUT2D eigenvalue weighted by Crippen LogP contribution is 2.27. The molecule has 23 heavy (non-hydrogen) atoms. The standard InChI is InChI=1S/C17H11ClFN3O/c18-16-9-12(5-8-21-16)17(23)22-15-10-20-7-6-14(15)11-1-3-13(19)4-2-11/h1-10H,(H,22,23). The van der Waals surface area contributed by atoms with Crippen molar-refractivity contribution in [3.63, 3.8) is 0 Å². The van der Waals surface area contributed by atoms with Crippen LogP contribution in [0.2, 0.25) is 5.15 Å². The number of nitrogens with one attached hydrogen (secondary N) is 1. The third-order valence-electron chi connectivity index (χ3n) is 3.21. The summed E-state index contributed by atoms with van der Waals surface area (Å²) < 4.78 is 13.1. The molecule has 0 spiro atoms. The Morgan fingerprint density at radius 2 is 1.87 bits per heavy atom. The first kappa shape index (κ1) is 15.1. The molecule has 0 unspecified atom stereocenters. The maximum Gasteiger partial charge on any atom is 0.255 e. The number of amides is 1. The second-order valence-electron chi connectivity index (χ2n) is 4.75. The van der Waals surface area contributed by atoms with Gasteiger partial charge in [0, 0.05) is 23.5 Å². The summed E-state index contributed by atoms with van der Waals surface area (Å²) in [5, 5.41) is 3.02. The van der Waals surface area contributed by atoms with Gasteiger partial charge >= 0.3 is 0 Å². The van der Waals surface area contributed by atoms with Gasteiger partial charge in [-0.15, -0.1) is 0 Å². The van der Waals surface area contributed by atoms with Crippen molar-refractivity contribution in [1.82, 2.24) is 9.97 Å². The number of pyridine rings is 2. The van der Waals surface area contributed by atoms with Gasteiger partial charge < -0.3 is 5.32 Å². The van der Waals surface area contributed by atoms with Crippen LogP contribution >= 0.6 is 11.6 Å². The Morgan fingerprint density at radius 3 is 2.61 bits per heavy atom. The zero-order valence-electron chi connectivity index (χ0n) is 11.8. The van der Waals surface area contributed by atoms with Gasteiger partial charge in [0.25, 0.3) is 5.91 Å². The predicted octanol–water partition coefficient (Wildman–Crippen LogP) is 4.19. The van der Waals surface area contributed by atoms with Crippen LogP contribution in [0.3, 0.4) is 0 Å². The van der Waals surface area contributed by atoms with Crippen molar-refractivity contribution in [1.29, 1.82) is 0 Å². The van der Waals surface area contributed by atoms with Crippen LogP contribution in [0.15, 0.2) is 61.1 Å². The van der Waals surface area contributed by atoms with E-state index in [1.165, 1.54) is 24.4 Å². The molecule has 0 bridgehead atoms. The molecule has 114 valence electrons. The van der Waals surface area contributed by atoms with E-state index in [1.807, 2.05) is 0 Å². The molecule has 0 radical (unpaired) electrons. The van der Waals surface area contributed by atoms with Gasteiger partial charge in [0.05, 0.1) is 11.9 Å². The third kappa shape index (κ3) is 3.52. The summed E-state index contributed by atoms with van der Waals surface area (Å²) in [5.41, 5.74) is 2.43. The number of hydrogen-bond donors (Lipinski definition) is 1. The van der Waals surface area contributed by atoms with Crippen LogP contribution in [0.25, 0.3) is 11.1 Å². The Balaban J connectivity index is 1.92. The fourth-order valence-electron chi connectivity index (χ4n) is 2.11. The second kappa shape index (κ2) is 6.54. The molecule has 4 nitrogen and oxygen atoms in total. The van der Waals surface area contributed by atoms with Crippen molar-refractivity contribution in [3.8, 4) is 11.1 Å². The third-order valence-corrected chi connectivity index (χ3v) is 3.42. The summed E-state index contributed by atoms with van der Waals surface area (Å²) in [6.45, 7) is 0. The molecular weight excluding hydrogens is 317 g/mol. The Bertz CT molecular complexity index is 852. The molecule has 0 aliphatic rings. The molecule has 0 saturated heterocycles. The minimum absolute atomic E-state index is 0.239. The van der Waals surface area contributed by atoms with Gasteiger partial charge in [-0.1, -0.05) is 23.7 Å². The van der Waals surface area contributed by atoms with E-state index in [0.717, 1.165) is 11.1 Å². The molecule has 3 rings (SSSR count). The summed E-state index contributed by atoms with van der Waals surface area (Å²) in [4.78, 5) is 20.2. The number of carbonyl (C=O) groups is 1. The highest BCUT2D eigenvalue weighted by molar-refractivity contribution is 6.29. The molecule has 1 N–H and O–H groups in total. The van der Waals surface area contributed by atoms with Gasteiger partial charge in [-0.25, -0.2) is 9.37 Å². The van der Waals surface area contributed by atoms with Crippen molar-refractivity contribution < 1.29 is 9.18 Å². The van der Waals surface area contributed by atoms with Crippen LogP contribution in [0.1, 0.15) is 10.4 Å². The number of halogens is 2. The van der Waals surface area contributed by atoms with E-state index in [4.69, 9.17) is 11.6 Å². The molecule has 0 atom stereocenters. The SMILES string of the molecule is O=C(Nc1cnccc1-c1ccc(F)cc1)c1ccnc(Cl)c1. The Labute approximate surface area is 137 Å². The lowest BCUT2D eigenvalue weighted by atomic mass is 10.1. The number of nitrogens with zero attached hydrogens (tertiary/aromatic N) is 2. The normalized spacial score (nSPS) is 10.3. The van der Waals surface area contributed by atoms with Gasteiger partial charge in [-0.2, -0.15) is 0 Å². The monoisotopic (exact) mass is 327 g/mol. The Morgan fingerprint density at radius 1 is 1.09 bits per heavy atom. The first-order valence-corrected chi connectivity index (χ1v) is 7.14. The molecule has 2 aromatic heterocycles. The predicted molar refractivity (Wildman–Crippen MR) is 86.8 cm³/mol. The molecule has 1 aromatic carbocycles. The summed E-state index contributed by atoms with van der Waals surface area (Å²) in [6.07, 6.45) is 4.61. The van der Waals surface area contributed by atoms with Crippen LogP contribution in [-0.4, -0.2) is 15.9 Å². The molecule has 2 heterocycles. The van der Waals surface area contributed by atoms with Gasteiger partial charge in [0.15, 0.2) is 0 Å². The lowest BCUT2D eigenvalue weighted by Crippen LogP contribution is -2.13. The lowest BCUT2D eigenvalue weighted by Gasteiger charge is -2.11. The maximum atomic E-state index is 13.1. The summed E-state index contributed by atoms with van der Waals surface area (Å²) >= 11 is 5.79. The van der Waals surface area contributed by atoms with Crippen LogP contribution in [-0.2, 0) is 0 Å². The van der Waals surface area contributed by atoms with Crippen LogP contribution in [0.4, 0.5) is 10.1 Å². The van der Waals surface area contributed by atoms with Crippen LogP contribution < -0.4 is 5.32 Å².